The smallest absolute Gasteiger partial charge is 0.207 e. The normalized spacial score (nSPS) is 10.1. The van der Waals surface area contributed by atoms with E-state index < -0.39 is 0 Å². The van der Waals surface area contributed by atoms with Gasteiger partial charge in [0.05, 0.1) is 23.8 Å². The van der Waals surface area contributed by atoms with Crippen molar-refractivity contribution in [2.75, 3.05) is 5.32 Å². The van der Waals surface area contributed by atoms with Gasteiger partial charge in [-0.25, -0.2) is 15.0 Å². The first-order chi connectivity index (χ1) is 7.79. The lowest BCUT2D eigenvalue weighted by Crippen LogP contribution is -2.02. The number of nitrogens with zero attached hydrogens (tertiary/aromatic N) is 4. The highest BCUT2D eigenvalue weighted by atomic mass is 15.2. The van der Waals surface area contributed by atoms with Crippen LogP contribution in [0.25, 0.3) is 0 Å². The van der Waals surface area contributed by atoms with Crippen LogP contribution in [0, 0.1) is 6.92 Å². The van der Waals surface area contributed by atoms with Gasteiger partial charge >= 0.3 is 0 Å². The molecule has 0 unspecified atom stereocenters. The van der Waals surface area contributed by atoms with E-state index in [-0.39, 0.29) is 0 Å². The van der Waals surface area contributed by atoms with Crippen molar-refractivity contribution in [3.63, 3.8) is 0 Å². The van der Waals surface area contributed by atoms with Gasteiger partial charge in [-0.05, 0) is 6.92 Å². The number of imidazole rings is 1. The minimum Gasteiger partial charge on any atom is -0.323 e. The molecule has 0 radical (unpaired) electrons. The summed E-state index contributed by atoms with van der Waals surface area (Å²) >= 11 is 0. The van der Waals surface area contributed by atoms with E-state index in [1.165, 1.54) is 6.33 Å². The van der Waals surface area contributed by atoms with Gasteiger partial charge in [-0.1, -0.05) is 6.08 Å². The van der Waals surface area contributed by atoms with Crippen LogP contribution < -0.4 is 5.32 Å². The Morgan fingerprint density at radius 2 is 2.19 bits per heavy atom. The van der Waals surface area contributed by atoms with Crippen LogP contribution in [0.2, 0.25) is 0 Å². The van der Waals surface area contributed by atoms with Gasteiger partial charge in [-0.3, -0.25) is 0 Å². The van der Waals surface area contributed by atoms with Crippen molar-refractivity contribution in [3.05, 3.63) is 43.3 Å². The number of hydrogen-bond donors (Lipinski definition) is 1. The monoisotopic (exact) mass is 215 g/mol. The predicted octanol–water partition coefficient (Wildman–Crippen LogP) is 1.91. The Morgan fingerprint density at radius 1 is 1.44 bits per heavy atom. The van der Waals surface area contributed by atoms with Gasteiger partial charge in [0.1, 0.15) is 6.33 Å². The first kappa shape index (κ1) is 10.4. The second-order valence-corrected chi connectivity index (χ2v) is 3.40. The molecule has 0 atom stereocenters. The fourth-order valence-electron chi connectivity index (χ4n) is 1.42. The van der Waals surface area contributed by atoms with Crippen LogP contribution in [0.3, 0.4) is 0 Å². The standard InChI is InChI=1S/C11H13N5/c1-3-4-16-7-9(2)14-11(16)15-10-5-12-8-13-6-10/h3,5-8H,1,4H2,2H3,(H,14,15). The molecule has 0 fully saturated rings. The van der Waals surface area contributed by atoms with E-state index >= 15 is 0 Å². The Kier molecular flexibility index (Phi) is 2.95. The lowest BCUT2D eigenvalue weighted by molar-refractivity contribution is 0.832. The van der Waals surface area contributed by atoms with Crippen LogP contribution in [0.5, 0.6) is 0 Å². The SMILES string of the molecule is C=CCn1cc(C)nc1Nc1cncnc1. The minimum atomic E-state index is 0.719. The van der Waals surface area contributed by atoms with Crippen molar-refractivity contribution in [1.29, 1.82) is 0 Å². The number of rotatable bonds is 4. The summed E-state index contributed by atoms with van der Waals surface area (Å²) in [4.78, 5) is 12.2. The predicted molar refractivity (Wildman–Crippen MR) is 62.5 cm³/mol. The van der Waals surface area contributed by atoms with E-state index in [4.69, 9.17) is 0 Å². The second kappa shape index (κ2) is 4.57. The maximum Gasteiger partial charge on any atom is 0.207 e. The molecule has 0 aliphatic rings. The maximum atomic E-state index is 4.37. The average molecular weight is 215 g/mol. The topological polar surface area (TPSA) is 55.6 Å². The van der Waals surface area contributed by atoms with E-state index in [0.717, 1.165) is 23.9 Å². The summed E-state index contributed by atoms with van der Waals surface area (Å²) in [5.74, 6) is 0.771. The van der Waals surface area contributed by atoms with E-state index in [2.05, 4.69) is 26.8 Å². The molecule has 2 aromatic rings. The molecule has 0 aliphatic carbocycles. The van der Waals surface area contributed by atoms with Crippen LogP contribution >= 0.6 is 0 Å². The lowest BCUT2D eigenvalue weighted by Gasteiger charge is -2.06. The quantitative estimate of drug-likeness (QED) is 0.791. The Hall–Kier alpha value is -2.17. The van der Waals surface area contributed by atoms with Gasteiger partial charge in [0.2, 0.25) is 5.95 Å². The van der Waals surface area contributed by atoms with Gasteiger partial charge < -0.3 is 9.88 Å². The largest absolute Gasteiger partial charge is 0.323 e. The number of aryl methyl sites for hydroxylation is 1. The summed E-state index contributed by atoms with van der Waals surface area (Å²) in [6.07, 6.45) is 8.69. The third-order valence-corrected chi connectivity index (χ3v) is 2.04. The molecule has 1 N–H and O–H groups in total. The Labute approximate surface area is 93.9 Å². The molecule has 0 bridgehead atoms. The van der Waals surface area contributed by atoms with Crippen LogP contribution in [-0.2, 0) is 6.54 Å². The highest BCUT2D eigenvalue weighted by Gasteiger charge is 2.04. The van der Waals surface area contributed by atoms with Gasteiger partial charge in [0.25, 0.3) is 0 Å². The first-order valence-corrected chi connectivity index (χ1v) is 4.96. The van der Waals surface area contributed by atoms with Crippen molar-refractivity contribution in [3.8, 4) is 0 Å². The van der Waals surface area contributed by atoms with Crippen LogP contribution in [0.15, 0.2) is 37.6 Å². The first-order valence-electron chi connectivity index (χ1n) is 4.96. The number of nitrogens with one attached hydrogen (secondary N) is 1. The molecule has 2 rings (SSSR count). The van der Waals surface area contributed by atoms with Gasteiger partial charge in [0.15, 0.2) is 0 Å². The third-order valence-electron chi connectivity index (χ3n) is 2.04. The second-order valence-electron chi connectivity index (χ2n) is 3.40. The van der Waals surface area contributed by atoms with E-state index in [0.29, 0.717) is 0 Å². The zero-order chi connectivity index (χ0) is 11.4. The molecule has 0 saturated carbocycles. The molecule has 0 aromatic carbocycles. The summed E-state index contributed by atoms with van der Waals surface area (Å²) in [5.41, 5.74) is 1.78. The Balaban J connectivity index is 2.23. The molecule has 16 heavy (non-hydrogen) atoms. The van der Waals surface area contributed by atoms with Crippen molar-refractivity contribution in [2.45, 2.75) is 13.5 Å². The van der Waals surface area contributed by atoms with Gasteiger partial charge in [0, 0.05) is 12.7 Å². The number of allylic oxidation sites excluding steroid dienone is 1. The van der Waals surface area contributed by atoms with Gasteiger partial charge in [-0.15, -0.1) is 6.58 Å². The highest BCUT2D eigenvalue weighted by Crippen LogP contribution is 2.14. The zero-order valence-electron chi connectivity index (χ0n) is 9.09. The van der Waals surface area contributed by atoms with E-state index in [1.807, 2.05) is 23.8 Å². The minimum absolute atomic E-state index is 0.719. The molecule has 0 spiro atoms. The molecule has 2 heterocycles. The molecule has 5 heteroatoms. The van der Waals surface area contributed by atoms with Crippen LogP contribution in [0.4, 0.5) is 11.6 Å². The Morgan fingerprint density at radius 3 is 2.88 bits per heavy atom. The molecule has 5 nitrogen and oxygen atoms in total. The van der Waals surface area contributed by atoms with Crippen molar-refractivity contribution in [1.82, 2.24) is 19.5 Å². The summed E-state index contributed by atoms with van der Waals surface area (Å²) in [6.45, 7) is 6.38. The molecule has 82 valence electrons. The van der Waals surface area contributed by atoms with E-state index in [1.54, 1.807) is 12.4 Å². The number of hydrogen-bond acceptors (Lipinski definition) is 4. The van der Waals surface area contributed by atoms with Crippen molar-refractivity contribution < 1.29 is 0 Å². The molecule has 0 amide bonds. The fourth-order valence-corrected chi connectivity index (χ4v) is 1.42. The maximum absolute atomic E-state index is 4.37. The third kappa shape index (κ3) is 2.25. The summed E-state index contributed by atoms with van der Waals surface area (Å²) in [7, 11) is 0. The van der Waals surface area contributed by atoms with Gasteiger partial charge in [-0.2, -0.15) is 0 Å². The molecule has 0 saturated heterocycles. The fraction of sp³-hybridized carbons (Fsp3) is 0.182. The number of aromatic nitrogens is 4. The summed E-state index contributed by atoms with van der Waals surface area (Å²) < 4.78 is 1.98. The molecular formula is C11H13N5. The molecular weight excluding hydrogens is 202 g/mol. The molecule has 0 aliphatic heterocycles. The lowest BCUT2D eigenvalue weighted by atomic mass is 10.5. The highest BCUT2D eigenvalue weighted by molar-refractivity contribution is 5.50. The Bertz CT molecular complexity index is 474. The van der Waals surface area contributed by atoms with E-state index in [9.17, 15) is 0 Å². The average Bonchev–Trinajstić information content (AvgIpc) is 2.61. The number of anilines is 2. The van der Waals surface area contributed by atoms with Crippen molar-refractivity contribution >= 4 is 11.6 Å². The summed E-state index contributed by atoms with van der Waals surface area (Å²) in [6, 6.07) is 0. The molecule has 2 aromatic heterocycles. The summed E-state index contributed by atoms with van der Waals surface area (Å²) in [5, 5.41) is 3.16. The van der Waals surface area contributed by atoms with Crippen LogP contribution in [-0.4, -0.2) is 19.5 Å². The zero-order valence-corrected chi connectivity index (χ0v) is 9.09. The van der Waals surface area contributed by atoms with Crippen LogP contribution in [0.1, 0.15) is 5.69 Å². The van der Waals surface area contributed by atoms with Crippen molar-refractivity contribution in [2.24, 2.45) is 0 Å².